The van der Waals surface area contributed by atoms with Gasteiger partial charge in [0.2, 0.25) is 0 Å². The highest BCUT2D eigenvalue weighted by molar-refractivity contribution is 5.67. The van der Waals surface area contributed by atoms with Crippen LogP contribution in [0.1, 0.15) is 49.7 Å². The van der Waals surface area contributed by atoms with E-state index in [9.17, 15) is 4.79 Å². The molecule has 88 valence electrons. The van der Waals surface area contributed by atoms with Crippen molar-refractivity contribution >= 4 is 5.97 Å². The summed E-state index contributed by atoms with van der Waals surface area (Å²) in [7, 11) is 0. The average molecular weight is 222 g/mol. The zero-order valence-electron chi connectivity index (χ0n) is 9.82. The Morgan fingerprint density at radius 2 is 2.38 bits per heavy atom. The van der Waals surface area contributed by atoms with Gasteiger partial charge < -0.3 is 9.52 Å². The van der Waals surface area contributed by atoms with E-state index in [1.807, 2.05) is 0 Å². The van der Waals surface area contributed by atoms with Crippen LogP contribution in [-0.2, 0) is 17.6 Å². The summed E-state index contributed by atoms with van der Waals surface area (Å²) in [5.41, 5.74) is 1.28. The summed E-state index contributed by atoms with van der Waals surface area (Å²) >= 11 is 0. The molecule has 1 N–H and O–H groups in total. The fourth-order valence-electron chi connectivity index (χ4n) is 2.30. The molecule has 0 bridgehead atoms. The molecule has 1 aliphatic rings. The van der Waals surface area contributed by atoms with Gasteiger partial charge in [-0.05, 0) is 30.4 Å². The molecule has 1 aromatic rings. The molecule has 0 spiro atoms. The van der Waals surface area contributed by atoms with Gasteiger partial charge in [0, 0.05) is 18.8 Å². The quantitative estimate of drug-likeness (QED) is 0.855. The highest BCUT2D eigenvalue weighted by Gasteiger charge is 2.24. The third-order valence-corrected chi connectivity index (χ3v) is 3.24. The number of carboxylic acid groups (broad SMARTS) is 1. The minimum atomic E-state index is -0.705. The van der Waals surface area contributed by atoms with E-state index in [2.05, 4.69) is 19.9 Å². The van der Waals surface area contributed by atoms with Gasteiger partial charge in [0.1, 0.15) is 11.5 Å². The topological polar surface area (TPSA) is 50.4 Å². The summed E-state index contributed by atoms with van der Waals surface area (Å²) in [6.07, 6.45) is 2.98. The molecule has 1 unspecified atom stereocenters. The van der Waals surface area contributed by atoms with Crippen LogP contribution in [0.3, 0.4) is 0 Å². The van der Waals surface area contributed by atoms with Crippen LogP contribution in [0.5, 0.6) is 0 Å². The third-order valence-electron chi connectivity index (χ3n) is 3.24. The number of fused-ring (bicyclic) bond motifs is 1. The van der Waals surface area contributed by atoms with Gasteiger partial charge in [-0.15, -0.1) is 0 Å². The van der Waals surface area contributed by atoms with Crippen LogP contribution in [0.2, 0.25) is 0 Å². The largest absolute Gasteiger partial charge is 0.481 e. The van der Waals surface area contributed by atoms with E-state index in [1.54, 1.807) is 0 Å². The van der Waals surface area contributed by atoms with Gasteiger partial charge in [-0.25, -0.2) is 0 Å². The van der Waals surface area contributed by atoms with Crippen LogP contribution in [-0.4, -0.2) is 11.1 Å². The van der Waals surface area contributed by atoms with Crippen molar-refractivity contribution in [1.29, 1.82) is 0 Å². The number of aliphatic carboxylic acids is 1. The van der Waals surface area contributed by atoms with Crippen LogP contribution in [0.4, 0.5) is 0 Å². The Morgan fingerprint density at radius 3 is 3.00 bits per heavy atom. The predicted molar refractivity (Wildman–Crippen MR) is 60.6 cm³/mol. The summed E-state index contributed by atoms with van der Waals surface area (Å²) in [6.45, 7) is 4.22. The number of aryl methyl sites for hydroxylation is 1. The van der Waals surface area contributed by atoms with Crippen molar-refractivity contribution in [3.63, 3.8) is 0 Å². The monoisotopic (exact) mass is 222 g/mol. The van der Waals surface area contributed by atoms with Crippen LogP contribution in [0.15, 0.2) is 10.5 Å². The summed E-state index contributed by atoms with van der Waals surface area (Å²) in [6, 6.07) is 2.14. The second-order valence-electron chi connectivity index (χ2n) is 4.96. The lowest BCUT2D eigenvalue weighted by Gasteiger charge is -2.18. The molecule has 0 radical (unpaired) electrons. The Labute approximate surface area is 95.5 Å². The summed E-state index contributed by atoms with van der Waals surface area (Å²) < 4.78 is 5.79. The fraction of sp³-hybridized carbons (Fsp3) is 0.615. The first-order valence-corrected chi connectivity index (χ1v) is 5.89. The zero-order valence-corrected chi connectivity index (χ0v) is 9.82. The van der Waals surface area contributed by atoms with E-state index in [0.717, 1.165) is 30.8 Å². The molecule has 3 nitrogen and oxygen atoms in total. The maximum Gasteiger partial charge on any atom is 0.303 e. The molecule has 2 rings (SSSR count). The zero-order chi connectivity index (χ0) is 11.7. The summed E-state index contributed by atoms with van der Waals surface area (Å²) in [5, 5.41) is 8.78. The van der Waals surface area contributed by atoms with Crippen molar-refractivity contribution in [2.75, 3.05) is 0 Å². The highest BCUT2D eigenvalue weighted by Crippen LogP contribution is 2.32. The lowest BCUT2D eigenvalue weighted by atomic mass is 9.86. The smallest absolute Gasteiger partial charge is 0.303 e. The molecule has 1 atom stereocenters. The first-order valence-electron chi connectivity index (χ1n) is 5.89. The van der Waals surface area contributed by atoms with E-state index in [-0.39, 0.29) is 12.3 Å². The maximum absolute atomic E-state index is 10.7. The second kappa shape index (κ2) is 4.32. The number of hydrogen-bond acceptors (Lipinski definition) is 2. The van der Waals surface area contributed by atoms with Crippen molar-refractivity contribution < 1.29 is 14.3 Å². The van der Waals surface area contributed by atoms with Crippen molar-refractivity contribution in [2.45, 2.75) is 45.4 Å². The van der Waals surface area contributed by atoms with E-state index in [1.165, 1.54) is 5.56 Å². The Bertz CT molecular complexity index is 390. The Balaban J connectivity index is 2.11. The molecule has 0 fully saturated rings. The number of carbonyl (C=O) groups is 1. The van der Waals surface area contributed by atoms with Gasteiger partial charge in [0.15, 0.2) is 0 Å². The lowest BCUT2D eigenvalue weighted by molar-refractivity contribution is -0.138. The van der Waals surface area contributed by atoms with Gasteiger partial charge in [0.05, 0.1) is 0 Å². The summed E-state index contributed by atoms with van der Waals surface area (Å²) in [4.78, 5) is 10.7. The minimum absolute atomic E-state index is 0.246. The SMILES string of the molecule is CC(C)c1cc2c(o1)CC(CC(=O)O)CC2. The van der Waals surface area contributed by atoms with Gasteiger partial charge >= 0.3 is 5.97 Å². The van der Waals surface area contributed by atoms with Crippen molar-refractivity contribution in [2.24, 2.45) is 5.92 Å². The third kappa shape index (κ3) is 2.29. The van der Waals surface area contributed by atoms with Crippen LogP contribution in [0.25, 0.3) is 0 Å². The van der Waals surface area contributed by atoms with Gasteiger partial charge in [-0.3, -0.25) is 4.79 Å². The number of carboxylic acids is 1. The highest BCUT2D eigenvalue weighted by atomic mass is 16.4. The van der Waals surface area contributed by atoms with Crippen molar-refractivity contribution in [3.8, 4) is 0 Å². The predicted octanol–water partition coefficient (Wildman–Crippen LogP) is 2.98. The van der Waals surface area contributed by atoms with E-state index in [0.29, 0.717) is 5.92 Å². The molecular formula is C13H18O3. The number of hydrogen-bond donors (Lipinski definition) is 1. The normalized spacial score (nSPS) is 19.8. The molecule has 3 heteroatoms. The molecule has 0 saturated carbocycles. The van der Waals surface area contributed by atoms with E-state index < -0.39 is 5.97 Å². The van der Waals surface area contributed by atoms with E-state index in [4.69, 9.17) is 9.52 Å². The van der Waals surface area contributed by atoms with Crippen molar-refractivity contribution in [1.82, 2.24) is 0 Å². The van der Waals surface area contributed by atoms with Crippen LogP contribution in [0, 0.1) is 5.92 Å². The molecule has 0 aromatic carbocycles. The molecule has 1 heterocycles. The fourth-order valence-corrected chi connectivity index (χ4v) is 2.30. The standard InChI is InChI=1S/C13H18O3/c1-8(2)11-7-10-4-3-9(6-13(14)15)5-12(10)16-11/h7-9H,3-6H2,1-2H3,(H,14,15). The first kappa shape index (κ1) is 11.2. The molecular weight excluding hydrogens is 204 g/mol. The molecule has 1 aliphatic carbocycles. The van der Waals surface area contributed by atoms with Crippen molar-refractivity contribution in [3.05, 3.63) is 23.2 Å². The second-order valence-corrected chi connectivity index (χ2v) is 4.96. The van der Waals surface area contributed by atoms with Crippen LogP contribution >= 0.6 is 0 Å². The molecule has 0 saturated heterocycles. The maximum atomic E-state index is 10.7. The molecule has 0 amide bonds. The lowest BCUT2D eigenvalue weighted by Crippen LogP contribution is -2.16. The summed E-state index contributed by atoms with van der Waals surface area (Å²) in [5.74, 6) is 1.99. The first-order chi connectivity index (χ1) is 7.56. The van der Waals surface area contributed by atoms with Gasteiger partial charge in [0.25, 0.3) is 0 Å². The Morgan fingerprint density at radius 1 is 1.62 bits per heavy atom. The minimum Gasteiger partial charge on any atom is -0.481 e. The number of rotatable bonds is 3. The van der Waals surface area contributed by atoms with Gasteiger partial charge in [-0.2, -0.15) is 0 Å². The molecule has 0 aliphatic heterocycles. The van der Waals surface area contributed by atoms with E-state index >= 15 is 0 Å². The number of furan rings is 1. The average Bonchev–Trinajstić information content (AvgIpc) is 2.59. The molecule has 16 heavy (non-hydrogen) atoms. The van der Waals surface area contributed by atoms with Crippen LogP contribution < -0.4 is 0 Å². The van der Waals surface area contributed by atoms with Gasteiger partial charge in [-0.1, -0.05) is 13.8 Å². The Kier molecular flexibility index (Phi) is 3.03. The molecule has 1 aromatic heterocycles. The Hall–Kier alpha value is -1.25.